The first-order chi connectivity index (χ1) is 4.00. The van der Waals surface area contributed by atoms with Gasteiger partial charge >= 0.3 is 34.1 Å². The second-order valence-corrected chi connectivity index (χ2v) is 3.67. The van der Waals surface area contributed by atoms with Crippen LogP contribution in [0.3, 0.4) is 0 Å². The Bertz CT molecular complexity index is 213. The molecule has 82 valence electrons. The first kappa shape index (κ1) is 23.2. The van der Waals surface area contributed by atoms with E-state index in [1.54, 1.807) is 0 Å². The first-order valence-corrected chi connectivity index (χ1v) is 5.00. The first-order valence-electron chi connectivity index (χ1n) is 1.33. The molecule has 12 heavy (non-hydrogen) atoms. The van der Waals surface area contributed by atoms with Crippen molar-refractivity contribution in [2.45, 2.75) is 0 Å². The fourth-order valence-corrected chi connectivity index (χ4v) is 0. The fourth-order valence-electron chi connectivity index (χ4n) is 0. The van der Waals surface area contributed by atoms with Crippen LogP contribution in [0.4, 0.5) is 0 Å². The molecule has 2 radical (unpaired) electrons. The molecule has 0 unspecified atom stereocenters. The summed E-state index contributed by atoms with van der Waals surface area (Å²) in [7, 11) is -9.50. The van der Waals surface area contributed by atoms with Gasteiger partial charge in [0, 0.05) is 10.4 Å². The van der Waals surface area contributed by atoms with Crippen LogP contribution in [0.25, 0.3) is 0 Å². The van der Waals surface area contributed by atoms with Gasteiger partial charge in [0.25, 0.3) is 0 Å². The van der Waals surface area contributed by atoms with Crippen molar-refractivity contribution in [3.8, 4) is 0 Å². The van der Waals surface area contributed by atoms with Crippen LogP contribution in [0.2, 0.25) is 0 Å². The normalized spacial score (nSPS) is 9.67. The third kappa shape index (κ3) is 810. The number of hydrogen-bond acceptors (Lipinski definition) is 8. The largest absolute Gasteiger partial charge is 2.00 e. The van der Waals surface area contributed by atoms with Gasteiger partial charge in [0.2, 0.25) is 0 Å². The molecule has 0 heterocycles. The molecule has 0 saturated heterocycles. The van der Waals surface area contributed by atoms with Crippen molar-refractivity contribution in [1.29, 1.82) is 0 Å². The molecular weight excluding hydrogens is 335 g/mol. The van der Waals surface area contributed by atoms with Gasteiger partial charge in [0.05, 0.1) is 0 Å². The van der Waals surface area contributed by atoms with Crippen molar-refractivity contribution in [3.63, 3.8) is 0 Å². The van der Waals surface area contributed by atoms with E-state index >= 15 is 0 Å². The summed E-state index contributed by atoms with van der Waals surface area (Å²) < 4.78 is 60.8. The van der Waals surface area contributed by atoms with E-state index in [0.717, 1.165) is 0 Å². The maximum atomic E-state index is 8.89. The smallest absolute Gasteiger partial charge is 0.780 e. The third-order valence-corrected chi connectivity index (χ3v) is 0. The SMILES string of the molecule is O=S(=O)([O-])[O-].O=S([O-])([O-])=S.[Cu+2].[Cu+2]. The minimum atomic E-state index is -5.17. The topological polar surface area (TPSA) is 143 Å². The van der Waals surface area contributed by atoms with Crippen molar-refractivity contribution in [3.05, 3.63) is 0 Å². The summed E-state index contributed by atoms with van der Waals surface area (Å²) >= 11 is 3.24. The molecule has 0 fully saturated rings. The summed E-state index contributed by atoms with van der Waals surface area (Å²) in [5.74, 6) is 0. The zero-order valence-corrected chi connectivity index (χ0v) is 9.02. The summed E-state index contributed by atoms with van der Waals surface area (Å²) in [5.41, 5.74) is 0. The second-order valence-electron chi connectivity index (χ2n) is 0.816. The molecule has 0 atom stereocenters. The maximum absolute atomic E-state index is 8.89. The van der Waals surface area contributed by atoms with Crippen molar-refractivity contribution in [2.75, 3.05) is 0 Å². The van der Waals surface area contributed by atoms with E-state index in [4.69, 9.17) is 30.8 Å². The Hall–Kier alpha value is 1.20. The van der Waals surface area contributed by atoms with Crippen LogP contribution in [0, 0.1) is 0 Å². The molecule has 0 spiro atoms. The quantitative estimate of drug-likeness (QED) is 0.272. The Morgan fingerprint density at radius 2 is 0.833 bits per heavy atom. The van der Waals surface area contributed by atoms with Crippen LogP contribution in [-0.2, 0) is 64.8 Å². The van der Waals surface area contributed by atoms with Crippen LogP contribution in [0.15, 0.2) is 0 Å². The van der Waals surface area contributed by atoms with E-state index in [1.807, 2.05) is 0 Å². The molecule has 0 aromatic heterocycles. The van der Waals surface area contributed by atoms with Crippen LogP contribution < -0.4 is 0 Å². The minimum absolute atomic E-state index is 0. The van der Waals surface area contributed by atoms with Gasteiger partial charge in [-0.1, -0.05) is 0 Å². The molecule has 0 aliphatic rings. The van der Waals surface area contributed by atoms with Gasteiger partial charge in [-0.2, -0.15) is 0 Å². The molecule has 0 aromatic rings. The van der Waals surface area contributed by atoms with Gasteiger partial charge in [0.15, 0.2) is 0 Å². The molecule has 0 aliphatic carbocycles. The fraction of sp³-hybridized carbons (Fsp3) is 0. The monoisotopic (exact) mass is 334 g/mol. The average Bonchev–Trinajstić information content (AvgIpc) is 1.12. The van der Waals surface area contributed by atoms with Gasteiger partial charge in [-0.15, -0.1) is 9.05 Å². The molecule has 0 aromatic carbocycles. The van der Waals surface area contributed by atoms with Gasteiger partial charge in [-0.05, 0) is 11.2 Å². The summed E-state index contributed by atoms with van der Waals surface area (Å²) in [5, 5.41) is 0. The van der Waals surface area contributed by atoms with Crippen molar-refractivity contribution >= 4 is 30.6 Å². The standard InChI is InChI=1S/2Cu.H2O4S.H2O3S2/c;;2*1-5(2,3)4/h;;2*(H2,1,2,3,4)/q2*+2;;/p-4. The van der Waals surface area contributed by atoms with E-state index in [0.29, 0.717) is 0 Å². The van der Waals surface area contributed by atoms with Crippen molar-refractivity contribution in [1.82, 2.24) is 0 Å². The van der Waals surface area contributed by atoms with Crippen LogP contribution >= 0.6 is 0 Å². The Kier molecular flexibility index (Phi) is 17.0. The predicted octanol–water partition coefficient (Wildman–Crippen LogP) is -2.35. The second kappa shape index (κ2) is 8.78. The Morgan fingerprint density at radius 3 is 0.833 bits per heavy atom. The van der Waals surface area contributed by atoms with E-state index in [1.165, 1.54) is 0 Å². The van der Waals surface area contributed by atoms with Gasteiger partial charge in [-0.3, -0.25) is 12.6 Å². The van der Waals surface area contributed by atoms with Crippen molar-refractivity contribution < 1.29 is 65.0 Å². The van der Waals surface area contributed by atoms with Gasteiger partial charge < -0.3 is 18.2 Å². The molecule has 7 nitrogen and oxygen atoms in total. The Labute approximate surface area is 95.2 Å². The number of rotatable bonds is 0. The Balaban J connectivity index is -0.0000000457. The van der Waals surface area contributed by atoms with Crippen LogP contribution in [0.5, 0.6) is 0 Å². The van der Waals surface area contributed by atoms with E-state index in [9.17, 15) is 0 Å². The van der Waals surface area contributed by atoms with E-state index in [-0.39, 0.29) is 34.1 Å². The van der Waals surface area contributed by atoms with E-state index < -0.39 is 19.5 Å². The molecule has 0 amide bonds. The van der Waals surface area contributed by atoms with Gasteiger partial charge in [-0.25, -0.2) is 0 Å². The summed E-state index contributed by atoms with van der Waals surface area (Å²) in [6, 6.07) is 0. The molecule has 0 bridgehead atoms. The molecule has 0 saturated carbocycles. The Morgan fingerprint density at radius 1 is 0.833 bits per heavy atom. The minimum Gasteiger partial charge on any atom is -0.780 e. The summed E-state index contributed by atoms with van der Waals surface area (Å²) in [6.45, 7) is 0. The molecule has 0 aliphatic heterocycles. The zero-order chi connectivity index (χ0) is 9.00. The van der Waals surface area contributed by atoms with Gasteiger partial charge in [0.1, 0.15) is 0 Å². The summed E-state index contributed by atoms with van der Waals surface area (Å²) in [6.07, 6.45) is 0. The third-order valence-electron chi connectivity index (χ3n) is 0. The van der Waals surface area contributed by atoms with Crippen molar-refractivity contribution in [2.24, 2.45) is 0 Å². The molecular formula is Cu2O7S3. The van der Waals surface area contributed by atoms with Crippen LogP contribution in [0.1, 0.15) is 0 Å². The molecule has 0 rings (SSSR count). The zero-order valence-electron chi connectivity index (χ0n) is 4.69. The summed E-state index contributed by atoms with van der Waals surface area (Å²) in [4.78, 5) is 0. The number of hydrogen-bond donors (Lipinski definition) is 0. The van der Waals surface area contributed by atoms with E-state index in [2.05, 4.69) is 11.2 Å². The average molecular weight is 335 g/mol. The molecule has 12 heteroatoms. The maximum Gasteiger partial charge on any atom is 2.00 e. The molecule has 0 N–H and O–H groups in total. The predicted molar refractivity (Wildman–Crippen MR) is 27.5 cm³/mol. The van der Waals surface area contributed by atoms with Crippen LogP contribution in [-0.4, -0.2) is 30.8 Å².